The van der Waals surface area contributed by atoms with E-state index >= 15 is 0 Å². The highest BCUT2D eigenvalue weighted by Gasteiger charge is 2.17. The van der Waals surface area contributed by atoms with Crippen LogP contribution in [0.3, 0.4) is 0 Å². The van der Waals surface area contributed by atoms with E-state index in [1.165, 1.54) is 5.56 Å². The minimum absolute atomic E-state index is 0.225. The summed E-state index contributed by atoms with van der Waals surface area (Å²) in [5.74, 6) is -0.225. The Morgan fingerprint density at radius 3 is 1.76 bits per heavy atom. The molecule has 152 valence electrons. The molecule has 5 heteroatoms. The van der Waals surface area contributed by atoms with Crippen molar-refractivity contribution < 1.29 is 13.9 Å². The van der Waals surface area contributed by atoms with Gasteiger partial charge < -0.3 is 9.47 Å². The molecule has 2 atom stereocenters. The average Bonchev–Trinajstić information content (AvgIpc) is 2.74. The fourth-order valence-electron chi connectivity index (χ4n) is 3.54. The van der Waals surface area contributed by atoms with Gasteiger partial charge in [0, 0.05) is 19.8 Å². The molecule has 0 aliphatic carbocycles. The van der Waals surface area contributed by atoms with Crippen LogP contribution < -0.4 is 0 Å². The smallest absolute Gasteiger partial charge is 0.131 e. The van der Waals surface area contributed by atoms with Gasteiger partial charge in [0.15, 0.2) is 0 Å². The van der Waals surface area contributed by atoms with Crippen LogP contribution in [0.2, 0.25) is 0 Å². The first kappa shape index (κ1) is 22.1. The van der Waals surface area contributed by atoms with Crippen LogP contribution in [0.4, 0.5) is 4.39 Å². The zero-order valence-corrected chi connectivity index (χ0v) is 19.2. The Morgan fingerprint density at radius 1 is 0.724 bits per heavy atom. The molecule has 0 aromatic heterocycles. The normalized spacial score (nSPS) is 11.1. The summed E-state index contributed by atoms with van der Waals surface area (Å²) in [5.41, 5.74) is 7.74. The molecular formula is C24H27FO2P2. The van der Waals surface area contributed by atoms with Crippen LogP contribution >= 0.6 is 18.5 Å². The highest BCUT2D eigenvalue weighted by molar-refractivity contribution is 7.15. The van der Waals surface area contributed by atoms with Crippen LogP contribution in [0, 0.1) is 5.82 Å². The number of methoxy groups -OCH3 is 2. The largest absolute Gasteiger partial charge is 0.380 e. The predicted octanol–water partition coefficient (Wildman–Crippen LogP) is 6.20. The lowest BCUT2D eigenvalue weighted by Gasteiger charge is -2.18. The summed E-state index contributed by atoms with van der Waals surface area (Å²) >= 11 is 0. The number of hydrogen-bond donors (Lipinski definition) is 0. The van der Waals surface area contributed by atoms with Crippen molar-refractivity contribution in [1.29, 1.82) is 0 Å². The predicted molar refractivity (Wildman–Crippen MR) is 126 cm³/mol. The molecule has 3 aromatic rings. The molecule has 0 aliphatic heterocycles. The fourth-order valence-corrected chi connectivity index (χ4v) is 4.07. The summed E-state index contributed by atoms with van der Waals surface area (Å²) in [7, 11) is 8.69. The zero-order chi connectivity index (χ0) is 20.8. The van der Waals surface area contributed by atoms with Gasteiger partial charge in [0.25, 0.3) is 0 Å². The third-order valence-corrected chi connectivity index (χ3v) is 5.91. The Bertz CT molecular complexity index is 944. The molecule has 0 radical (unpaired) electrons. The zero-order valence-electron chi connectivity index (χ0n) is 16.9. The van der Waals surface area contributed by atoms with Crippen molar-refractivity contribution in [3.63, 3.8) is 0 Å². The van der Waals surface area contributed by atoms with Crippen molar-refractivity contribution in [3.8, 4) is 22.3 Å². The van der Waals surface area contributed by atoms with Gasteiger partial charge in [0.1, 0.15) is 5.82 Å². The summed E-state index contributed by atoms with van der Waals surface area (Å²) in [6.45, 7) is 0.794. The molecular weight excluding hydrogens is 401 g/mol. The van der Waals surface area contributed by atoms with Gasteiger partial charge >= 0.3 is 0 Å². The molecule has 3 aromatic carbocycles. The maximum atomic E-state index is 15.0. The molecule has 0 saturated heterocycles. The fraction of sp³-hybridized carbons (Fsp3) is 0.250. The molecule has 2 unspecified atom stereocenters. The second-order valence-electron chi connectivity index (χ2n) is 6.95. The van der Waals surface area contributed by atoms with Crippen molar-refractivity contribution in [2.45, 2.75) is 25.5 Å². The standard InChI is InChI=1S/C24H27FO2P2/c1-26-12-20-10-19(18-6-3-16(14-28)4-7-18)11-21(13-27-2)24(20)22-8-5-17(15-29)9-23(22)25/h3-11H,12-15,28-29H2,1-2H3. The summed E-state index contributed by atoms with van der Waals surface area (Å²) < 4.78 is 25.9. The molecule has 0 saturated carbocycles. The van der Waals surface area contributed by atoms with Crippen molar-refractivity contribution in [2.24, 2.45) is 0 Å². The van der Waals surface area contributed by atoms with Crippen LogP contribution in [0.15, 0.2) is 54.6 Å². The van der Waals surface area contributed by atoms with Crippen molar-refractivity contribution >= 4 is 18.5 Å². The third-order valence-electron chi connectivity index (χ3n) is 4.96. The lowest BCUT2D eigenvalue weighted by Crippen LogP contribution is -2.02. The van der Waals surface area contributed by atoms with Gasteiger partial charge in [0.2, 0.25) is 0 Å². The first-order valence-electron chi connectivity index (χ1n) is 9.53. The quantitative estimate of drug-likeness (QED) is 0.398. The topological polar surface area (TPSA) is 18.5 Å². The van der Waals surface area contributed by atoms with Crippen LogP contribution in [0.25, 0.3) is 22.3 Å². The van der Waals surface area contributed by atoms with E-state index in [2.05, 4.69) is 54.9 Å². The Labute approximate surface area is 177 Å². The van der Waals surface area contributed by atoms with Crippen LogP contribution in [0.1, 0.15) is 22.3 Å². The molecule has 0 N–H and O–H groups in total. The van der Waals surface area contributed by atoms with Crippen LogP contribution in [-0.2, 0) is 35.0 Å². The first-order valence-corrected chi connectivity index (χ1v) is 11.2. The average molecular weight is 428 g/mol. The summed E-state index contributed by atoms with van der Waals surface area (Å²) in [5, 5.41) is 0. The van der Waals surface area contributed by atoms with Crippen molar-refractivity contribution in [1.82, 2.24) is 0 Å². The molecule has 0 aliphatic rings. The minimum Gasteiger partial charge on any atom is -0.380 e. The lowest BCUT2D eigenvalue weighted by atomic mass is 9.89. The Kier molecular flexibility index (Phi) is 7.92. The summed E-state index contributed by atoms with van der Waals surface area (Å²) in [4.78, 5) is 0. The van der Waals surface area contributed by atoms with E-state index in [0.29, 0.717) is 18.8 Å². The molecule has 3 rings (SSSR count). The van der Waals surface area contributed by atoms with E-state index in [-0.39, 0.29) is 5.82 Å². The van der Waals surface area contributed by atoms with Gasteiger partial charge in [-0.25, -0.2) is 4.39 Å². The van der Waals surface area contributed by atoms with E-state index in [4.69, 9.17) is 9.47 Å². The highest BCUT2D eigenvalue weighted by atomic mass is 31.0. The van der Waals surface area contributed by atoms with Crippen molar-refractivity contribution in [2.75, 3.05) is 14.2 Å². The molecule has 29 heavy (non-hydrogen) atoms. The number of hydrogen-bond acceptors (Lipinski definition) is 2. The highest BCUT2D eigenvalue weighted by Crippen LogP contribution is 2.36. The maximum absolute atomic E-state index is 15.0. The summed E-state index contributed by atoms with van der Waals surface area (Å²) in [6, 6.07) is 18.1. The van der Waals surface area contributed by atoms with Gasteiger partial charge in [-0.1, -0.05) is 36.4 Å². The van der Waals surface area contributed by atoms with Crippen LogP contribution in [0.5, 0.6) is 0 Å². The second kappa shape index (κ2) is 10.4. The number of ether oxygens (including phenoxy) is 2. The van der Waals surface area contributed by atoms with Gasteiger partial charge in [-0.15, -0.1) is 18.5 Å². The molecule has 0 amide bonds. The first-order chi connectivity index (χ1) is 14.1. The van der Waals surface area contributed by atoms with E-state index in [1.54, 1.807) is 20.3 Å². The Balaban J connectivity index is 2.19. The number of benzene rings is 3. The van der Waals surface area contributed by atoms with Crippen LogP contribution in [-0.4, -0.2) is 14.2 Å². The number of rotatable bonds is 8. The molecule has 0 bridgehead atoms. The monoisotopic (exact) mass is 428 g/mol. The van der Waals surface area contributed by atoms with E-state index in [0.717, 1.165) is 45.7 Å². The summed E-state index contributed by atoms with van der Waals surface area (Å²) in [6.07, 6.45) is 1.65. The Morgan fingerprint density at radius 2 is 1.28 bits per heavy atom. The van der Waals surface area contributed by atoms with Gasteiger partial charge in [-0.05, 0) is 69.5 Å². The van der Waals surface area contributed by atoms with E-state index < -0.39 is 0 Å². The van der Waals surface area contributed by atoms with E-state index in [9.17, 15) is 4.39 Å². The minimum atomic E-state index is -0.225. The SMILES string of the molecule is COCc1cc(-c2ccc(CP)cc2)cc(COC)c1-c1ccc(CP)cc1F. The maximum Gasteiger partial charge on any atom is 0.131 e. The van der Waals surface area contributed by atoms with E-state index in [1.807, 2.05) is 12.1 Å². The number of halogens is 1. The third kappa shape index (κ3) is 5.11. The lowest BCUT2D eigenvalue weighted by molar-refractivity contribution is 0.181. The molecule has 0 heterocycles. The van der Waals surface area contributed by atoms with Gasteiger partial charge in [0.05, 0.1) is 13.2 Å². The second-order valence-corrected chi connectivity index (χ2v) is 7.77. The molecule has 0 fully saturated rings. The Hall–Kier alpha value is -1.63. The molecule has 2 nitrogen and oxygen atoms in total. The molecule has 0 spiro atoms. The van der Waals surface area contributed by atoms with Gasteiger partial charge in [-0.2, -0.15) is 0 Å². The van der Waals surface area contributed by atoms with Gasteiger partial charge in [-0.3, -0.25) is 0 Å². The van der Waals surface area contributed by atoms with Crippen molar-refractivity contribution in [3.05, 3.63) is 82.7 Å².